The lowest BCUT2D eigenvalue weighted by atomic mass is 10.1. The number of hydrogen-bond donors (Lipinski definition) is 1. The SMILES string of the molecule is CCc1ccc([C@H](C)NC(=O)COC(=O)c2cc([N+](=O)[O-])ccc2N(C)C)cc1. The van der Waals surface area contributed by atoms with Crippen molar-refractivity contribution in [3.63, 3.8) is 0 Å². The van der Waals surface area contributed by atoms with Crippen LogP contribution in [0, 0.1) is 10.1 Å². The zero-order chi connectivity index (χ0) is 21.6. The molecule has 1 atom stereocenters. The van der Waals surface area contributed by atoms with Gasteiger partial charge in [0.25, 0.3) is 11.6 Å². The highest BCUT2D eigenvalue weighted by Gasteiger charge is 2.20. The first-order chi connectivity index (χ1) is 13.7. The molecule has 0 aliphatic heterocycles. The number of amides is 1. The molecule has 0 aliphatic carbocycles. The van der Waals surface area contributed by atoms with Gasteiger partial charge >= 0.3 is 5.97 Å². The topological polar surface area (TPSA) is 102 Å². The van der Waals surface area contributed by atoms with E-state index in [-0.39, 0.29) is 17.3 Å². The van der Waals surface area contributed by atoms with Crippen LogP contribution in [-0.2, 0) is 16.0 Å². The number of carbonyl (C=O) groups excluding carboxylic acids is 2. The van der Waals surface area contributed by atoms with Crippen LogP contribution < -0.4 is 10.2 Å². The maximum Gasteiger partial charge on any atom is 0.341 e. The van der Waals surface area contributed by atoms with Gasteiger partial charge in [-0.05, 0) is 30.5 Å². The van der Waals surface area contributed by atoms with Crippen LogP contribution in [0.25, 0.3) is 0 Å². The van der Waals surface area contributed by atoms with E-state index in [1.54, 1.807) is 19.0 Å². The quantitative estimate of drug-likeness (QED) is 0.415. The number of rotatable bonds is 8. The number of nitro benzene ring substituents is 1. The van der Waals surface area contributed by atoms with Gasteiger partial charge in [0, 0.05) is 26.2 Å². The summed E-state index contributed by atoms with van der Waals surface area (Å²) in [6, 6.07) is 11.6. The molecule has 0 spiro atoms. The molecule has 2 rings (SSSR count). The van der Waals surface area contributed by atoms with Crippen molar-refractivity contribution in [2.24, 2.45) is 0 Å². The minimum Gasteiger partial charge on any atom is -0.452 e. The predicted octanol–water partition coefficient (Wildman–Crippen LogP) is 3.26. The Kier molecular flexibility index (Phi) is 7.30. The van der Waals surface area contributed by atoms with Gasteiger partial charge in [-0.1, -0.05) is 31.2 Å². The second-order valence-electron chi connectivity index (χ2n) is 6.81. The molecule has 0 saturated carbocycles. The molecule has 0 heterocycles. The molecule has 2 aromatic carbocycles. The summed E-state index contributed by atoms with van der Waals surface area (Å²) in [6.07, 6.45) is 0.934. The van der Waals surface area contributed by atoms with Crippen LogP contribution in [0.4, 0.5) is 11.4 Å². The minimum atomic E-state index is -0.799. The van der Waals surface area contributed by atoms with Crippen molar-refractivity contribution in [3.8, 4) is 0 Å². The van der Waals surface area contributed by atoms with Crippen molar-refractivity contribution in [3.05, 3.63) is 69.3 Å². The molecule has 0 unspecified atom stereocenters. The Morgan fingerprint density at radius 2 is 1.83 bits per heavy atom. The fraction of sp³-hybridized carbons (Fsp3) is 0.333. The summed E-state index contributed by atoms with van der Waals surface area (Å²) < 4.78 is 5.09. The van der Waals surface area contributed by atoms with Gasteiger partial charge in [-0.25, -0.2) is 4.79 Å². The summed E-state index contributed by atoms with van der Waals surface area (Å²) in [7, 11) is 3.41. The molecule has 0 aromatic heterocycles. The molecule has 8 heteroatoms. The first-order valence-corrected chi connectivity index (χ1v) is 9.24. The average molecular weight is 399 g/mol. The summed E-state index contributed by atoms with van der Waals surface area (Å²) in [5, 5.41) is 13.8. The molecular formula is C21H25N3O5. The van der Waals surface area contributed by atoms with Crippen molar-refractivity contribution < 1.29 is 19.2 Å². The van der Waals surface area contributed by atoms with Gasteiger partial charge in [-0.3, -0.25) is 14.9 Å². The minimum absolute atomic E-state index is 0.0280. The number of non-ortho nitro benzene ring substituents is 1. The van der Waals surface area contributed by atoms with Crippen molar-refractivity contribution in [1.29, 1.82) is 0 Å². The highest BCUT2D eigenvalue weighted by molar-refractivity contribution is 5.97. The normalized spacial score (nSPS) is 11.4. The Morgan fingerprint density at radius 3 is 2.38 bits per heavy atom. The van der Waals surface area contributed by atoms with E-state index in [1.165, 1.54) is 17.7 Å². The lowest BCUT2D eigenvalue weighted by Gasteiger charge is -2.17. The smallest absolute Gasteiger partial charge is 0.341 e. The van der Waals surface area contributed by atoms with Crippen molar-refractivity contribution >= 4 is 23.3 Å². The van der Waals surface area contributed by atoms with Crippen molar-refractivity contribution in [2.75, 3.05) is 25.6 Å². The second kappa shape index (κ2) is 9.68. The van der Waals surface area contributed by atoms with E-state index in [9.17, 15) is 19.7 Å². The Balaban J connectivity index is 2.01. The highest BCUT2D eigenvalue weighted by atomic mass is 16.6. The van der Waals surface area contributed by atoms with Gasteiger partial charge in [-0.15, -0.1) is 0 Å². The molecule has 1 amide bonds. The van der Waals surface area contributed by atoms with Gasteiger partial charge in [-0.2, -0.15) is 0 Å². The summed E-state index contributed by atoms with van der Waals surface area (Å²) in [5.74, 6) is -1.25. The maximum absolute atomic E-state index is 12.4. The third-order valence-corrected chi connectivity index (χ3v) is 4.49. The van der Waals surface area contributed by atoms with Crippen LogP contribution in [0.5, 0.6) is 0 Å². The fourth-order valence-corrected chi connectivity index (χ4v) is 2.81. The number of hydrogen-bond acceptors (Lipinski definition) is 6. The summed E-state index contributed by atoms with van der Waals surface area (Å²) in [6.45, 7) is 3.43. The number of benzene rings is 2. The molecule has 0 saturated heterocycles. The Morgan fingerprint density at radius 1 is 1.17 bits per heavy atom. The first kappa shape index (κ1) is 21.9. The molecule has 8 nitrogen and oxygen atoms in total. The predicted molar refractivity (Wildman–Crippen MR) is 110 cm³/mol. The molecule has 0 bridgehead atoms. The monoisotopic (exact) mass is 399 g/mol. The van der Waals surface area contributed by atoms with Crippen LogP contribution in [0.15, 0.2) is 42.5 Å². The van der Waals surface area contributed by atoms with Crippen molar-refractivity contribution in [2.45, 2.75) is 26.3 Å². The van der Waals surface area contributed by atoms with Gasteiger partial charge in [0.05, 0.1) is 22.2 Å². The van der Waals surface area contributed by atoms with Gasteiger partial charge in [0.2, 0.25) is 0 Å². The van der Waals surface area contributed by atoms with Gasteiger partial charge in [0.15, 0.2) is 6.61 Å². The van der Waals surface area contributed by atoms with E-state index >= 15 is 0 Å². The van der Waals surface area contributed by atoms with Crippen LogP contribution >= 0.6 is 0 Å². The van der Waals surface area contributed by atoms with Crippen LogP contribution in [-0.4, -0.2) is 37.5 Å². The molecule has 0 aliphatic rings. The van der Waals surface area contributed by atoms with E-state index in [0.29, 0.717) is 5.69 Å². The lowest BCUT2D eigenvalue weighted by molar-refractivity contribution is -0.384. The molecule has 0 fully saturated rings. The number of nitrogens with one attached hydrogen (secondary N) is 1. The van der Waals surface area contributed by atoms with Gasteiger partial charge in [0.1, 0.15) is 0 Å². The number of esters is 1. The number of ether oxygens (including phenoxy) is 1. The summed E-state index contributed by atoms with van der Waals surface area (Å²) in [4.78, 5) is 36.6. The maximum atomic E-state index is 12.4. The molecule has 29 heavy (non-hydrogen) atoms. The third kappa shape index (κ3) is 5.78. The number of nitrogens with zero attached hydrogens (tertiary/aromatic N) is 2. The summed E-state index contributed by atoms with van der Waals surface area (Å²) >= 11 is 0. The van der Waals surface area contributed by atoms with Crippen LogP contribution in [0.3, 0.4) is 0 Å². The van der Waals surface area contributed by atoms with Crippen molar-refractivity contribution in [1.82, 2.24) is 5.32 Å². The molecular weight excluding hydrogens is 374 g/mol. The average Bonchev–Trinajstić information content (AvgIpc) is 2.71. The highest BCUT2D eigenvalue weighted by Crippen LogP contribution is 2.25. The van der Waals surface area contributed by atoms with E-state index in [0.717, 1.165) is 18.1 Å². The number of carbonyl (C=O) groups is 2. The number of anilines is 1. The zero-order valence-corrected chi connectivity index (χ0v) is 17.0. The largest absolute Gasteiger partial charge is 0.452 e. The van der Waals surface area contributed by atoms with E-state index in [2.05, 4.69) is 12.2 Å². The zero-order valence-electron chi connectivity index (χ0n) is 17.0. The Hall–Kier alpha value is -3.42. The first-order valence-electron chi connectivity index (χ1n) is 9.24. The van der Waals surface area contributed by atoms with E-state index in [1.807, 2.05) is 31.2 Å². The molecule has 0 radical (unpaired) electrons. The van der Waals surface area contributed by atoms with E-state index in [4.69, 9.17) is 4.74 Å². The Labute approximate surface area is 169 Å². The fourth-order valence-electron chi connectivity index (χ4n) is 2.81. The van der Waals surface area contributed by atoms with E-state index < -0.39 is 23.4 Å². The van der Waals surface area contributed by atoms with Crippen LogP contribution in [0.2, 0.25) is 0 Å². The Bertz CT molecular complexity index is 894. The standard InChI is InChI=1S/C21H25N3O5/c1-5-15-6-8-16(9-7-15)14(2)22-20(25)13-29-21(26)18-12-17(24(27)28)10-11-19(18)23(3)4/h6-12,14H,5,13H2,1-4H3,(H,22,25)/t14-/m0/s1. The second-order valence-corrected chi connectivity index (χ2v) is 6.81. The number of aryl methyl sites for hydroxylation is 1. The van der Waals surface area contributed by atoms with Crippen LogP contribution in [0.1, 0.15) is 41.4 Å². The lowest BCUT2D eigenvalue weighted by Crippen LogP contribution is -2.31. The molecule has 154 valence electrons. The summed E-state index contributed by atoms with van der Waals surface area (Å²) in [5.41, 5.74) is 2.41. The molecule has 1 N–H and O–H groups in total. The van der Waals surface area contributed by atoms with Gasteiger partial charge < -0.3 is 15.0 Å². The number of nitro groups is 1. The molecule has 2 aromatic rings. The third-order valence-electron chi connectivity index (χ3n) is 4.49.